The topological polar surface area (TPSA) is 105 Å². The largest absolute Gasteiger partial charge is 0.399 e. The molecule has 0 unspecified atom stereocenters. The van der Waals surface area contributed by atoms with Gasteiger partial charge in [-0.3, -0.25) is 14.5 Å². The third-order valence-corrected chi connectivity index (χ3v) is 4.72. The van der Waals surface area contributed by atoms with Crippen molar-refractivity contribution >= 4 is 23.5 Å². The fraction of sp³-hybridized carbons (Fsp3) is 0.471. The van der Waals surface area contributed by atoms with Gasteiger partial charge in [0.25, 0.3) is 5.91 Å². The normalized spacial score (nSPS) is 18.9. The van der Waals surface area contributed by atoms with Gasteiger partial charge in [-0.1, -0.05) is 25.0 Å². The Bertz CT molecular complexity index is 650. The molecule has 128 valence electrons. The molecule has 2 fully saturated rings. The van der Waals surface area contributed by atoms with Crippen LogP contribution in [0.3, 0.4) is 0 Å². The number of hydrogen-bond acceptors (Lipinski definition) is 4. The number of hydrogen-bond donors (Lipinski definition) is 3. The Kier molecular flexibility index (Phi) is 4.42. The molecular weight excluding hydrogens is 308 g/mol. The fourth-order valence-electron chi connectivity index (χ4n) is 3.37. The van der Waals surface area contributed by atoms with Gasteiger partial charge < -0.3 is 16.4 Å². The number of carbonyl (C=O) groups is 3. The van der Waals surface area contributed by atoms with Gasteiger partial charge in [-0.25, -0.2) is 4.79 Å². The number of nitrogen functional groups attached to an aromatic ring is 1. The number of amides is 4. The minimum Gasteiger partial charge on any atom is -0.399 e. The number of rotatable bonds is 5. The second-order valence-corrected chi connectivity index (χ2v) is 6.45. The van der Waals surface area contributed by atoms with Crippen LogP contribution in [0.2, 0.25) is 0 Å². The molecule has 1 saturated carbocycles. The smallest absolute Gasteiger partial charge is 0.325 e. The molecule has 1 aromatic carbocycles. The van der Waals surface area contributed by atoms with Gasteiger partial charge in [-0.15, -0.1) is 0 Å². The summed E-state index contributed by atoms with van der Waals surface area (Å²) in [7, 11) is 0. The van der Waals surface area contributed by atoms with Gasteiger partial charge >= 0.3 is 6.03 Å². The minimum atomic E-state index is -0.763. The number of urea groups is 1. The number of nitrogens with zero attached hydrogens (tertiary/aromatic N) is 1. The number of imide groups is 1. The van der Waals surface area contributed by atoms with Crippen LogP contribution in [-0.4, -0.2) is 41.4 Å². The summed E-state index contributed by atoms with van der Waals surface area (Å²) in [6.45, 7) is 0.214. The average molecular weight is 330 g/mol. The molecule has 1 aliphatic carbocycles. The van der Waals surface area contributed by atoms with Crippen LogP contribution in [0.1, 0.15) is 31.2 Å². The lowest BCUT2D eigenvalue weighted by atomic mass is 9.98. The van der Waals surface area contributed by atoms with E-state index in [0.717, 1.165) is 23.3 Å². The van der Waals surface area contributed by atoms with Gasteiger partial charge in [0.2, 0.25) is 5.91 Å². The Balaban J connectivity index is 1.49. The van der Waals surface area contributed by atoms with E-state index in [4.69, 9.17) is 5.73 Å². The van der Waals surface area contributed by atoms with E-state index in [0.29, 0.717) is 31.5 Å². The van der Waals surface area contributed by atoms with Crippen LogP contribution in [0.4, 0.5) is 10.5 Å². The second kappa shape index (κ2) is 6.51. The Hall–Kier alpha value is -2.57. The van der Waals surface area contributed by atoms with Gasteiger partial charge in [0.05, 0.1) is 0 Å². The molecule has 4 N–H and O–H groups in total. The Morgan fingerprint density at radius 2 is 1.88 bits per heavy atom. The quantitative estimate of drug-likeness (QED) is 0.548. The van der Waals surface area contributed by atoms with E-state index in [1.54, 1.807) is 0 Å². The summed E-state index contributed by atoms with van der Waals surface area (Å²) in [4.78, 5) is 37.5. The summed E-state index contributed by atoms with van der Waals surface area (Å²) in [5.41, 5.74) is 6.62. The molecule has 3 rings (SSSR count). The lowest BCUT2D eigenvalue weighted by Crippen LogP contribution is -2.45. The number of nitrogens with two attached hydrogens (primary N) is 1. The average Bonchev–Trinajstić information content (AvgIpc) is 3.11. The number of nitrogens with one attached hydrogen (secondary N) is 2. The van der Waals surface area contributed by atoms with Crippen molar-refractivity contribution in [2.24, 2.45) is 0 Å². The molecule has 1 saturated heterocycles. The molecule has 1 aromatic rings. The molecule has 0 radical (unpaired) electrons. The van der Waals surface area contributed by atoms with E-state index in [2.05, 4.69) is 10.6 Å². The van der Waals surface area contributed by atoms with Crippen molar-refractivity contribution in [3.05, 3.63) is 29.8 Å². The summed E-state index contributed by atoms with van der Waals surface area (Å²) in [5, 5.41) is 5.52. The molecule has 7 heteroatoms. The van der Waals surface area contributed by atoms with Crippen molar-refractivity contribution in [3.8, 4) is 0 Å². The first kappa shape index (κ1) is 16.3. The molecule has 1 heterocycles. The van der Waals surface area contributed by atoms with Crippen molar-refractivity contribution in [2.45, 2.75) is 37.6 Å². The van der Waals surface area contributed by atoms with Crippen molar-refractivity contribution in [1.29, 1.82) is 0 Å². The zero-order valence-corrected chi connectivity index (χ0v) is 13.5. The first-order valence-corrected chi connectivity index (χ1v) is 8.25. The first-order valence-electron chi connectivity index (χ1n) is 8.25. The van der Waals surface area contributed by atoms with Gasteiger partial charge in [0.1, 0.15) is 12.1 Å². The van der Waals surface area contributed by atoms with Crippen LogP contribution in [0.25, 0.3) is 0 Å². The minimum absolute atomic E-state index is 0.228. The van der Waals surface area contributed by atoms with E-state index in [9.17, 15) is 14.4 Å². The lowest BCUT2D eigenvalue weighted by Gasteiger charge is -2.19. The molecule has 4 amide bonds. The number of carbonyl (C=O) groups excluding carboxylic acids is 3. The number of anilines is 1. The highest BCUT2D eigenvalue weighted by molar-refractivity contribution is 6.09. The molecule has 0 aromatic heterocycles. The third-order valence-electron chi connectivity index (χ3n) is 4.72. The summed E-state index contributed by atoms with van der Waals surface area (Å²) < 4.78 is 0. The highest BCUT2D eigenvalue weighted by Gasteiger charge is 2.52. The molecule has 1 spiro atoms. The molecule has 0 atom stereocenters. The summed E-state index contributed by atoms with van der Waals surface area (Å²) in [6, 6.07) is 6.97. The van der Waals surface area contributed by atoms with Crippen molar-refractivity contribution in [1.82, 2.24) is 15.5 Å². The van der Waals surface area contributed by atoms with E-state index in [-0.39, 0.29) is 18.4 Å². The predicted octanol–water partition coefficient (Wildman–Crippen LogP) is 0.792. The summed E-state index contributed by atoms with van der Waals surface area (Å²) in [6.07, 6.45) is 3.83. The number of benzene rings is 1. The second-order valence-electron chi connectivity index (χ2n) is 6.45. The maximum absolute atomic E-state index is 12.5. The van der Waals surface area contributed by atoms with Crippen LogP contribution in [0, 0.1) is 0 Å². The Morgan fingerprint density at radius 3 is 2.54 bits per heavy atom. The van der Waals surface area contributed by atoms with Crippen molar-refractivity contribution < 1.29 is 14.4 Å². The zero-order valence-electron chi connectivity index (χ0n) is 13.5. The zero-order chi connectivity index (χ0) is 17.2. The molecule has 1 aliphatic heterocycles. The van der Waals surface area contributed by atoms with Crippen molar-refractivity contribution in [3.63, 3.8) is 0 Å². The highest BCUT2D eigenvalue weighted by Crippen LogP contribution is 2.34. The van der Waals surface area contributed by atoms with Crippen molar-refractivity contribution in [2.75, 3.05) is 18.8 Å². The van der Waals surface area contributed by atoms with Gasteiger partial charge in [0, 0.05) is 12.2 Å². The Labute approximate surface area is 140 Å². The molecule has 24 heavy (non-hydrogen) atoms. The summed E-state index contributed by atoms with van der Waals surface area (Å²) >= 11 is 0. The molecular formula is C17H22N4O3. The Morgan fingerprint density at radius 1 is 1.21 bits per heavy atom. The van der Waals surface area contributed by atoms with E-state index >= 15 is 0 Å². The van der Waals surface area contributed by atoms with E-state index in [1.807, 2.05) is 24.3 Å². The van der Waals surface area contributed by atoms with Gasteiger partial charge in [-0.05, 0) is 37.0 Å². The lowest BCUT2D eigenvalue weighted by molar-refractivity contribution is -0.134. The molecule has 2 aliphatic rings. The predicted molar refractivity (Wildman–Crippen MR) is 89.0 cm³/mol. The van der Waals surface area contributed by atoms with Crippen LogP contribution in [0.15, 0.2) is 24.3 Å². The summed E-state index contributed by atoms with van der Waals surface area (Å²) in [5.74, 6) is -0.595. The maximum Gasteiger partial charge on any atom is 0.325 e. The first-order chi connectivity index (χ1) is 11.5. The van der Waals surface area contributed by atoms with Gasteiger partial charge in [0.15, 0.2) is 0 Å². The van der Waals surface area contributed by atoms with E-state index in [1.165, 1.54) is 0 Å². The van der Waals surface area contributed by atoms with Crippen LogP contribution < -0.4 is 16.4 Å². The van der Waals surface area contributed by atoms with E-state index < -0.39 is 11.6 Å². The standard InChI is InChI=1S/C17H22N4O3/c18-13-5-3-12(4-6-13)7-10-19-14(22)11-21-15(23)17(20-16(21)24)8-1-2-9-17/h3-6H,1-2,7-11,18H2,(H,19,22)(H,20,24). The fourth-order valence-corrected chi connectivity index (χ4v) is 3.37. The van der Waals surface area contributed by atoms with Gasteiger partial charge in [-0.2, -0.15) is 0 Å². The monoisotopic (exact) mass is 330 g/mol. The highest BCUT2D eigenvalue weighted by atomic mass is 16.2. The SMILES string of the molecule is Nc1ccc(CCNC(=O)CN2C(=O)NC3(CCCC3)C2=O)cc1. The van der Waals surface area contributed by atoms with Crippen LogP contribution in [-0.2, 0) is 16.0 Å². The van der Waals surface area contributed by atoms with Crippen LogP contribution >= 0.6 is 0 Å². The molecule has 0 bridgehead atoms. The third kappa shape index (κ3) is 3.20. The molecule has 7 nitrogen and oxygen atoms in total. The maximum atomic E-state index is 12.5. The van der Waals surface area contributed by atoms with Crippen LogP contribution in [0.5, 0.6) is 0 Å².